The topological polar surface area (TPSA) is 3.24 Å². The molecule has 1 nitrogen and oxygen atoms in total. The van der Waals surface area contributed by atoms with Crippen LogP contribution >= 0.6 is 0 Å². The first-order chi connectivity index (χ1) is 7.15. The average Bonchev–Trinajstić information content (AvgIpc) is 2.26. The second-order valence-corrected chi connectivity index (χ2v) is 3.81. The molecule has 78 valence electrons. The summed E-state index contributed by atoms with van der Waals surface area (Å²) in [6.45, 7) is 1.96. The Hall–Kier alpha value is -1.52. The monoisotopic (exact) mass is 199 g/mol. The molecule has 1 aromatic carbocycles. The van der Waals surface area contributed by atoms with Crippen LogP contribution in [0.15, 0.2) is 42.0 Å². The van der Waals surface area contributed by atoms with Crippen molar-refractivity contribution >= 4 is 0 Å². The highest BCUT2D eigenvalue weighted by Gasteiger charge is 2.10. The highest BCUT2D eigenvalue weighted by atomic mass is 15.1. The first kappa shape index (κ1) is 11.6. The summed E-state index contributed by atoms with van der Waals surface area (Å²) in [5.74, 6) is 2.65. The van der Waals surface area contributed by atoms with Crippen molar-refractivity contribution in [1.82, 2.24) is 4.90 Å². The van der Waals surface area contributed by atoms with Gasteiger partial charge in [-0.1, -0.05) is 42.3 Å². The van der Waals surface area contributed by atoms with E-state index in [-0.39, 0.29) is 6.04 Å². The molecule has 0 aliphatic rings. The summed E-state index contributed by atoms with van der Waals surface area (Å²) in [5.41, 5.74) is 2.23. The number of nitrogens with zero attached hydrogens (tertiary/aromatic N) is 1. The summed E-state index contributed by atoms with van der Waals surface area (Å²) in [6, 6.07) is 10.6. The van der Waals surface area contributed by atoms with Crippen molar-refractivity contribution in [1.29, 1.82) is 0 Å². The van der Waals surface area contributed by atoms with Crippen molar-refractivity contribution in [3.63, 3.8) is 0 Å². The van der Waals surface area contributed by atoms with Crippen LogP contribution in [0.1, 0.15) is 18.5 Å². The Balaban J connectivity index is 3.01. The molecule has 0 radical (unpaired) electrons. The van der Waals surface area contributed by atoms with Gasteiger partial charge in [-0.05, 0) is 32.2 Å². The molecule has 0 amide bonds. The van der Waals surface area contributed by atoms with E-state index in [9.17, 15) is 0 Å². The zero-order valence-electron chi connectivity index (χ0n) is 9.57. The van der Waals surface area contributed by atoms with E-state index in [2.05, 4.69) is 43.1 Å². The second-order valence-electron chi connectivity index (χ2n) is 3.81. The molecule has 0 aliphatic heterocycles. The Bertz CT molecular complexity index is 368. The van der Waals surface area contributed by atoms with Crippen molar-refractivity contribution in [3.8, 4) is 12.3 Å². The average molecular weight is 199 g/mol. The molecule has 1 rings (SSSR count). The van der Waals surface area contributed by atoms with E-state index >= 15 is 0 Å². The molecule has 0 heterocycles. The number of rotatable bonds is 3. The minimum Gasteiger partial charge on any atom is -0.299 e. The molecular formula is C14H17N. The van der Waals surface area contributed by atoms with Crippen LogP contribution in [0.3, 0.4) is 0 Å². The third kappa shape index (κ3) is 3.27. The van der Waals surface area contributed by atoms with Crippen molar-refractivity contribution < 1.29 is 0 Å². The standard InChI is InChI=1S/C14H17N/c1-5-12(2)11-14(15(3)4)13-9-7-6-8-10-13/h1,6-11,14H,2-4H3. The zero-order valence-corrected chi connectivity index (χ0v) is 9.57. The number of hydrogen-bond acceptors (Lipinski definition) is 1. The molecule has 1 aromatic rings. The van der Waals surface area contributed by atoms with Gasteiger partial charge >= 0.3 is 0 Å². The second kappa shape index (κ2) is 5.38. The highest BCUT2D eigenvalue weighted by molar-refractivity contribution is 5.30. The summed E-state index contributed by atoms with van der Waals surface area (Å²) in [4.78, 5) is 2.15. The molecule has 0 N–H and O–H groups in total. The first-order valence-corrected chi connectivity index (χ1v) is 5.01. The fourth-order valence-electron chi connectivity index (χ4n) is 1.48. The Morgan fingerprint density at radius 3 is 2.40 bits per heavy atom. The molecule has 0 spiro atoms. The van der Waals surface area contributed by atoms with E-state index in [0.717, 1.165) is 5.57 Å². The maximum Gasteiger partial charge on any atom is 0.0538 e. The van der Waals surface area contributed by atoms with Gasteiger partial charge in [0.05, 0.1) is 6.04 Å². The van der Waals surface area contributed by atoms with E-state index in [1.165, 1.54) is 5.56 Å². The Morgan fingerprint density at radius 2 is 1.93 bits per heavy atom. The van der Waals surface area contributed by atoms with E-state index < -0.39 is 0 Å². The lowest BCUT2D eigenvalue weighted by Crippen LogP contribution is -2.18. The highest BCUT2D eigenvalue weighted by Crippen LogP contribution is 2.20. The van der Waals surface area contributed by atoms with Gasteiger partial charge in [-0.25, -0.2) is 0 Å². The van der Waals surface area contributed by atoms with E-state index in [1.807, 2.05) is 25.1 Å². The maximum absolute atomic E-state index is 5.36. The van der Waals surface area contributed by atoms with E-state index in [4.69, 9.17) is 6.42 Å². The van der Waals surface area contributed by atoms with Crippen LogP contribution in [0.25, 0.3) is 0 Å². The molecule has 0 aromatic heterocycles. The van der Waals surface area contributed by atoms with Crippen LogP contribution in [-0.2, 0) is 0 Å². The van der Waals surface area contributed by atoms with Crippen LogP contribution in [0.4, 0.5) is 0 Å². The number of likely N-dealkylation sites (N-methyl/N-ethyl adjacent to an activating group) is 1. The number of hydrogen-bond donors (Lipinski definition) is 0. The molecule has 0 aliphatic carbocycles. The Kier molecular flexibility index (Phi) is 4.15. The molecule has 1 atom stereocenters. The fourth-order valence-corrected chi connectivity index (χ4v) is 1.48. The number of terminal acetylenes is 1. The predicted octanol–water partition coefficient (Wildman–Crippen LogP) is 2.87. The lowest BCUT2D eigenvalue weighted by Gasteiger charge is -2.21. The number of allylic oxidation sites excluding steroid dienone is 1. The summed E-state index contributed by atoms with van der Waals surface area (Å²) >= 11 is 0. The third-order valence-electron chi connectivity index (χ3n) is 2.33. The van der Waals surface area contributed by atoms with Crippen LogP contribution in [-0.4, -0.2) is 19.0 Å². The molecule has 0 fully saturated rings. The molecule has 15 heavy (non-hydrogen) atoms. The van der Waals surface area contributed by atoms with Gasteiger partial charge < -0.3 is 0 Å². The van der Waals surface area contributed by atoms with Gasteiger partial charge in [0.25, 0.3) is 0 Å². The summed E-state index contributed by atoms with van der Waals surface area (Å²) < 4.78 is 0. The lowest BCUT2D eigenvalue weighted by molar-refractivity contribution is 0.350. The smallest absolute Gasteiger partial charge is 0.0538 e. The molecular weight excluding hydrogens is 182 g/mol. The maximum atomic E-state index is 5.36. The minimum atomic E-state index is 0.252. The van der Waals surface area contributed by atoms with E-state index in [0.29, 0.717) is 0 Å². The van der Waals surface area contributed by atoms with Crippen LogP contribution in [0.5, 0.6) is 0 Å². The quantitative estimate of drug-likeness (QED) is 0.677. The van der Waals surface area contributed by atoms with Crippen molar-refractivity contribution in [2.24, 2.45) is 0 Å². The first-order valence-electron chi connectivity index (χ1n) is 5.01. The lowest BCUT2D eigenvalue weighted by atomic mass is 10.0. The van der Waals surface area contributed by atoms with Gasteiger partial charge in [-0.3, -0.25) is 4.90 Å². The van der Waals surface area contributed by atoms with Crippen molar-refractivity contribution in [3.05, 3.63) is 47.5 Å². The van der Waals surface area contributed by atoms with Gasteiger partial charge in [0.2, 0.25) is 0 Å². The summed E-state index contributed by atoms with van der Waals surface area (Å²) in [5, 5.41) is 0. The van der Waals surface area contributed by atoms with Crippen LogP contribution < -0.4 is 0 Å². The summed E-state index contributed by atoms with van der Waals surface area (Å²) in [7, 11) is 4.11. The molecule has 1 unspecified atom stereocenters. The molecule has 0 saturated carbocycles. The molecule has 0 bridgehead atoms. The van der Waals surface area contributed by atoms with Crippen LogP contribution in [0, 0.1) is 12.3 Å². The van der Waals surface area contributed by atoms with Crippen molar-refractivity contribution in [2.75, 3.05) is 14.1 Å². The third-order valence-corrected chi connectivity index (χ3v) is 2.33. The van der Waals surface area contributed by atoms with Crippen molar-refractivity contribution in [2.45, 2.75) is 13.0 Å². The largest absolute Gasteiger partial charge is 0.299 e. The minimum absolute atomic E-state index is 0.252. The van der Waals surface area contributed by atoms with Gasteiger partial charge in [0.15, 0.2) is 0 Å². The Labute approximate surface area is 92.4 Å². The summed E-state index contributed by atoms with van der Waals surface area (Å²) in [6.07, 6.45) is 7.47. The van der Waals surface area contributed by atoms with Gasteiger partial charge in [0.1, 0.15) is 0 Å². The molecule has 0 saturated heterocycles. The number of benzene rings is 1. The fraction of sp³-hybridized carbons (Fsp3) is 0.286. The van der Waals surface area contributed by atoms with Crippen LogP contribution in [0.2, 0.25) is 0 Å². The van der Waals surface area contributed by atoms with Gasteiger partial charge in [-0.2, -0.15) is 0 Å². The normalized spacial score (nSPS) is 13.7. The van der Waals surface area contributed by atoms with E-state index in [1.54, 1.807) is 0 Å². The van der Waals surface area contributed by atoms with Gasteiger partial charge in [0, 0.05) is 0 Å². The van der Waals surface area contributed by atoms with Gasteiger partial charge in [-0.15, -0.1) is 6.42 Å². The zero-order chi connectivity index (χ0) is 11.3. The predicted molar refractivity (Wildman–Crippen MR) is 65.5 cm³/mol. The SMILES string of the molecule is C#CC(C)=CC(c1ccccc1)N(C)C. The Morgan fingerprint density at radius 1 is 1.33 bits per heavy atom. The molecule has 1 heteroatoms.